The maximum Gasteiger partial charge on any atom is 0.243 e. The first-order valence-corrected chi connectivity index (χ1v) is 8.49. The van der Waals surface area contributed by atoms with Crippen molar-refractivity contribution >= 4 is 23.0 Å². The molecule has 2 rings (SSSR count). The quantitative estimate of drug-likeness (QED) is 0.802. The minimum atomic E-state index is -0.0449. The summed E-state index contributed by atoms with van der Waals surface area (Å²) in [6.45, 7) is 10.5. The Morgan fingerprint density at radius 1 is 1.00 bits per heavy atom. The molecule has 4 nitrogen and oxygen atoms in total. The largest absolute Gasteiger partial charge is 0.376 e. The van der Waals surface area contributed by atoms with Crippen LogP contribution >= 0.6 is 0 Å². The molecule has 0 heterocycles. The van der Waals surface area contributed by atoms with E-state index in [0.29, 0.717) is 0 Å². The van der Waals surface area contributed by atoms with Crippen molar-refractivity contribution in [3.63, 3.8) is 0 Å². The summed E-state index contributed by atoms with van der Waals surface area (Å²) >= 11 is 0. The third-order valence-corrected chi connectivity index (χ3v) is 4.12. The summed E-state index contributed by atoms with van der Waals surface area (Å²) in [7, 11) is 0. The maximum atomic E-state index is 12.1. The average molecular weight is 325 g/mol. The highest BCUT2D eigenvalue weighted by Gasteiger charge is 2.06. The van der Waals surface area contributed by atoms with Gasteiger partial charge in [0.05, 0.1) is 6.54 Å². The second-order valence-electron chi connectivity index (χ2n) is 5.94. The van der Waals surface area contributed by atoms with E-state index >= 15 is 0 Å². The Labute approximate surface area is 144 Å². The van der Waals surface area contributed by atoms with Crippen LogP contribution in [0.25, 0.3) is 0 Å². The number of nitrogens with one attached hydrogen (secondary N) is 2. The van der Waals surface area contributed by atoms with Crippen LogP contribution in [0.1, 0.15) is 25.0 Å². The van der Waals surface area contributed by atoms with Crippen molar-refractivity contribution in [3.05, 3.63) is 53.6 Å². The van der Waals surface area contributed by atoms with Crippen molar-refractivity contribution < 1.29 is 4.79 Å². The summed E-state index contributed by atoms with van der Waals surface area (Å²) in [4.78, 5) is 14.4. The molecule has 0 saturated heterocycles. The molecular weight excluding hydrogens is 298 g/mol. The molecule has 0 aliphatic rings. The fraction of sp³-hybridized carbons (Fsp3) is 0.350. The lowest BCUT2D eigenvalue weighted by atomic mass is 10.1. The lowest BCUT2D eigenvalue weighted by Gasteiger charge is -2.21. The van der Waals surface area contributed by atoms with E-state index in [-0.39, 0.29) is 12.5 Å². The van der Waals surface area contributed by atoms with E-state index < -0.39 is 0 Å². The Hall–Kier alpha value is -2.49. The van der Waals surface area contributed by atoms with Gasteiger partial charge in [-0.2, -0.15) is 0 Å². The first kappa shape index (κ1) is 17.9. The standard InChI is InChI=1S/C20H27N3O/c1-5-23(6-2)18-11-9-17(10-12-18)21-14-20(24)22-19-13-15(3)7-8-16(19)4/h7-13,21H,5-6,14H2,1-4H3,(H,22,24). The zero-order valence-electron chi connectivity index (χ0n) is 15.0. The summed E-state index contributed by atoms with van der Waals surface area (Å²) in [6, 6.07) is 14.2. The molecule has 0 bridgehead atoms. The van der Waals surface area contributed by atoms with Crippen molar-refractivity contribution in [3.8, 4) is 0 Å². The Balaban J connectivity index is 1.91. The van der Waals surface area contributed by atoms with E-state index in [9.17, 15) is 4.79 Å². The Bertz CT molecular complexity index is 676. The Morgan fingerprint density at radius 3 is 2.29 bits per heavy atom. The molecule has 0 fully saturated rings. The summed E-state index contributed by atoms with van der Waals surface area (Å²) in [5.74, 6) is -0.0449. The molecule has 0 unspecified atom stereocenters. The Morgan fingerprint density at radius 2 is 1.67 bits per heavy atom. The molecule has 2 aromatic rings. The van der Waals surface area contributed by atoms with Crippen molar-refractivity contribution in [1.82, 2.24) is 0 Å². The van der Waals surface area contributed by atoms with Gasteiger partial charge >= 0.3 is 0 Å². The topological polar surface area (TPSA) is 44.4 Å². The Kier molecular flexibility index (Phi) is 6.24. The monoisotopic (exact) mass is 325 g/mol. The van der Waals surface area contributed by atoms with E-state index in [0.717, 1.165) is 35.6 Å². The van der Waals surface area contributed by atoms with Crippen LogP contribution in [-0.4, -0.2) is 25.5 Å². The van der Waals surface area contributed by atoms with Gasteiger partial charge in [0.15, 0.2) is 0 Å². The molecule has 0 radical (unpaired) electrons. The molecule has 0 atom stereocenters. The number of rotatable bonds is 7. The van der Waals surface area contributed by atoms with Gasteiger partial charge in [-0.3, -0.25) is 4.79 Å². The fourth-order valence-electron chi connectivity index (χ4n) is 2.63. The lowest BCUT2D eigenvalue weighted by molar-refractivity contribution is -0.114. The molecule has 24 heavy (non-hydrogen) atoms. The van der Waals surface area contributed by atoms with E-state index in [2.05, 4.69) is 41.5 Å². The summed E-state index contributed by atoms with van der Waals surface area (Å²) in [5.41, 5.74) is 5.22. The van der Waals surface area contributed by atoms with Gasteiger partial charge in [0.25, 0.3) is 0 Å². The van der Waals surface area contributed by atoms with E-state index in [1.165, 1.54) is 5.69 Å². The minimum Gasteiger partial charge on any atom is -0.376 e. The molecule has 2 N–H and O–H groups in total. The smallest absolute Gasteiger partial charge is 0.243 e. The zero-order chi connectivity index (χ0) is 17.5. The molecular formula is C20H27N3O. The third-order valence-electron chi connectivity index (χ3n) is 4.12. The van der Waals surface area contributed by atoms with Crippen LogP contribution in [0.3, 0.4) is 0 Å². The van der Waals surface area contributed by atoms with Gasteiger partial charge in [0, 0.05) is 30.2 Å². The van der Waals surface area contributed by atoms with E-state index in [4.69, 9.17) is 0 Å². The lowest BCUT2D eigenvalue weighted by Crippen LogP contribution is -2.23. The number of carbonyl (C=O) groups is 1. The van der Waals surface area contributed by atoms with Crippen molar-refractivity contribution in [2.45, 2.75) is 27.7 Å². The first-order valence-electron chi connectivity index (χ1n) is 8.49. The summed E-state index contributed by atoms with van der Waals surface area (Å²) in [6.07, 6.45) is 0. The van der Waals surface area contributed by atoms with Crippen LogP contribution in [0, 0.1) is 13.8 Å². The normalized spacial score (nSPS) is 10.3. The van der Waals surface area contributed by atoms with Gasteiger partial charge in [-0.25, -0.2) is 0 Å². The number of hydrogen-bond donors (Lipinski definition) is 2. The molecule has 4 heteroatoms. The molecule has 0 aliphatic heterocycles. The molecule has 0 aromatic heterocycles. The number of anilines is 3. The van der Waals surface area contributed by atoms with Crippen molar-refractivity contribution in [2.75, 3.05) is 35.2 Å². The molecule has 0 spiro atoms. The molecule has 0 aliphatic carbocycles. The second-order valence-corrected chi connectivity index (χ2v) is 5.94. The van der Waals surface area contributed by atoms with Crippen LogP contribution in [0.2, 0.25) is 0 Å². The van der Waals surface area contributed by atoms with Crippen LogP contribution < -0.4 is 15.5 Å². The van der Waals surface area contributed by atoms with Gasteiger partial charge in [-0.05, 0) is 69.2 Å². The van der Waals surface area contributed by atoms with Crippen LogP contribution in [0.4, 0.5) is 17.1 Å². The number of nitrogens with zero attached hydrogens (tertiary/aromatic N) is 1. The second kappa shape index (κ2) is 8.39. The molecule has 1 amide bonds. The zero-order valence-corrected chi connectivity index (χ0v) is 15.0. The average Bonchev–Trinajstić information content (AvgIpc) is 2.58. The first-order chi connectivity index (χ1) is 11.5. The SMILES string of the molecule is CCN(CC)c1ccc(NCC(=O)Nc2cc(C)ccc2C)cc1. The minimum absolute atomic E-state index is 0.0449. The van der Waals surface area contributed by atoms with Gasteiger partial charge in [-0.1, -0.05) is 12.1 Å². The predicted octanol–water partition coefficient (Wildman–Crippen LogP) is 4.20. The van der Waals surface area contributed by atoms with Gasteiger partial charge in [-0.15, -0.1) is 0 Å². The van der Waals surface area contributed by atoms with Crippen LogP contribution in [-0.2, 0) is 4.79 Å². The highest BCUT2D eigenvalue weighted by atomic mass is 16.1. The van der Waals surface area contributed by atoms with E-state index in [1.807, 2.05) is 44.2 Å². The summed E-state index contributed by atoms with van der Waals surface area (Å²) in [5, 5.41) is 6.13. The van der Waals surface area contributed by atoms with Gasteiger partial charge < -0.3 is 15.5 Å². The van der Waals surface area contributed by atoms with Gasteiger partial charge in [0.2, 0.25) is 5.91 Å². The van der Waals surface area contributed by atoms with Crippen LogP contribution in [0.15, 0.2) is 42.5 Å². The van der Waals surface area contributed by atoms with Crippen LogP contribution in [0.5, 0.6) is 0 Å². The summed E-state index contributed by atoms with van der Waals surface area (Å²) < 4.78 is 0. The maximum absolute atomic E-state index is 12.1. The van der Waals surface area contributed by atoms with Crippen molar-refractivity contribution in [2.24, 2.45) is 0 Å². The predicted molar refractivity (Wildman–Crippen MR) is 103 cm³/mol. The molecule has 0 saturated carbocycles. The number of hydrogen-bond acceptors (Lipinski definition) is 3. The number of amides is 1. The number of aryl methyl sites for hydroxylation is 2. The highest BCUT2D eigenvalue weighted by molar-refractivity contribution is 5.94. The molecule has 128 valence electrons. The van der Waals surface area contributed by atoms with Crippen molar-refractivity contribution in [1.29, 1.82) is 0 Å². The number of carbonyl (C=O) groups excluding carboxylic acids is 1. The molecule has 2 aromatic carbocycles. The third kappa shape index (κ3) is 4.75. The number of benzene rings is 2. The van der Waals surface area contributed by atoms with E-state index in [1.54, 1.807) is 0 Å². The van der Waals surface area contributed by atoms with Gasteiger partial charge in [0.1, 0.15) is 0 Å². The highest BCUT2D eigenvalue weighted by Crippen LogP contribution is 2.18. The fourth-order valence-corrected chi connectivity index (χ4v) is 2.63.